The van der Waals surface area contributed by atoms with Crippen LogP contribution in [-0.2, 0) is 24.8 Å². The second kappa shape index (κ2) is 10.8. The third-order valence-electron chi connectivity index (χ3n) is 5.82. The van der Waals surface area contributed by atoms with Crippen molar-refractivity contribution >= 4 is 37.3 Å². The molecular weight excluding hydrogens is 505 g/mol. The van der Waals surface area contributed by atoms with E-state index in [2.05, 4.69) is 5.32 Å². The normalized spacial score (nSPS) is 14.8. The summed E-state index contributed by atoms with van der Waals surface area (Å²) < 4.78 is 68.1. The van der Waals surface area contributed by atoms with Crippen molar-refractivity contribution in [1.82, 2.24) is 4.31 Å². The van der Waals surface area contributed by atoms with Gasteiger partial charge in [-0.3, -0.25) is 9.10 Å². The van der Waals surface area contributed by atoms with E-state index >= 15 is 0 Å². The lowest BCUT2D eigenvalue weighted by atomic mass is 10.2. The summed E-state index contributed by atoms with van der Waals surface area (Å²) in [5.74, 6) is -1.19. The number of carbonyl (C=O) groups is 1. The van der Waals surface area contributed by atoms with Crippen LogP contribution in [0.4, 0.5) is 15.8 Å². The molecule has 0 unspecified atom stereocenters. The Hall–Kier alpha value is -3.28. The first-order valence-corrected chi connectivity index (χ1v) is 14.3. The maximum absolute atomic E-state index is 13.5. The highest BCUT2D eigenvalue weighted by Gasteiger charge is 2.28. The van der Waals surface area contributed by atoms with Gasteiger partial charge >= 0.3 is 0 Å². The van der Waals surface area contributed by atoms with Crippen molar-refractivity contribution in [3.8, 4) is 0 Å². The molecule has 36 heavy (non-hydrogen) atoms. The minimum Gasteiger partial charge on any atom is -0.325 e. The highest BCUT2D eigenvalue weighted by molar-refractivity contribution is 7.92. The first-order valence-electron chi connectivity index (χ1n) is 11.4. The first kappa shape index (κ1) is 25.8. The van der Waals surface area contributed by atoms with E-state index in [0.29, 0.717) is 18.8 Å². The summed E-state index contributed by atoms with van der Waals surface area (Å²) in [6, 6.07) is 18.2. The van der Waals surface area contributed by atoms with Crippen molar-refractivity contribution in [2.45, 2.75) is 29.1 Å². The predicted molar refractivity (Wildman–Crippen MR) is 135 cm³/mol. The molecule has 1 saturated heterocycles. The van der Waals surface area contributed by atoms with Gasteiger partial charge in [-0.05, 0) is 73.5 Å². The first-order chi connectivity index (χ1) is 17.2. The van der Waals surface area contributed by atoms with Gasteiger partial charge in [-0.15, -0.1) is 0 Å². The number of piperidine rings is 1. The van der Waals surface area contributed by atoms with E-state index in [-0.39, 0.29) is 15.5 Å². The molecule has 0 atom stereocenters. The molecule has 1 N–H and O–H groups in total. The summed E-state index contributed by atoms with van der Waals surface area (Å²) >= 11 is 0. The van der Waals surface area contributed by atoms with E-state index in [1.165, 1.54) is 52.8 Å². The van der Waals surface area contributed by atoms with Crippen molar-refractivity contribution in [3.63, 3.8) is 0 Å². The number of sulfonamides is 2. The van der Waals surface area contributed by atoms with Crippen molar-refractivity contribution in [2.75, 3.05) is 29.3 Å². The van der Waals surface area contributed by atoms with Crippen LogP contribution in [0.15, 0.2) is 88.7 Å². The summed E-state index contributed by atoms with van der Waals surface area (Å²) in [4.78, 5) is 13.0. The largest absolute Gasteiger partial charge is 0.325 e. The number of carbonyl (C=O) groups excluding carboxylic acids is 1. The Morgan fingerprint density at radius 2 is 1.42 bits per heavy atom. The molecule has 190 valence electrons. The maximum Gasteiger partial charge on any atom is 0.264 e. The number of anilines is 2. The van der Waals surface area contributed by atoms with Gasteiger partial charge in [0.25, 0.3) is 10.0 Å². The number of halogens is 1. The Kier molecular flexibility index (Phi) is 7.72. The van der Waals surface area contributed by atoms with Crippen LogP contribution in [-0.4, -0.2) is 46.7 Å². The molecule has 3 aromatic rings. The highest BCUT2D eigenvalue weighted by Crippen LogP contribution is 2.25. The van der Waals surface area contributed by atoms with E-state index in [0.717, 1.165) is 35.7 Å². The van der Waals surface area contributed by atoms with Crippen molar-refractivity contribution in [2.24, 2.45) is 0 Å². The lowest BCUT2D eigenvalue weighted by Crippen LogP contribution is -2.38. The zero-order chi connectivity index (χ0) is 25.8. The molecule has 1 amide bonds. The summed E-state index contributed by atoms with van der Waals surface area (Å²) in [6.45, 7) is 0.391. The number of nitrogens with zero attached hydrogens (tertiary/aromatic N) is 2. The molecule has 1 heterocycles. The van der Waals surface area contributed by atoms with Crippen LogP contribution < -0.4 is 9.62 Å². The van der Waals surface area contributed by atoms with Crippen LogP contribution >= 0.6 is 0 Å². The second-order valence-corrected chi connectivity index (χ2v) is 12.1. The van der Waals surface area contributed by atoms with Gasteiger partial charge in [0.2, 0.25) is 15.9 Å². The zero-order valence-corrected chi connectivity index (χ0v) is 21.0. The van der Waals surface area contributed by atoms with E-state index in [4.69, 9.17) is 0 Å². The summed E-state index contributed by atoms with van der Waals surface area (Å²) in [7, 11) is -7.74. The number of nitrogens with one attached hydrogen (secondary N) is 1. The molecule has 8 nitrogen and oxygen atoms in total. The standard InChI is InChI=1S/C25H26FN3O5S2/c26-20-9-13-22(14-10-20)29(36(33,34)23-7-3-1-4-8-23)19-25(30)27-21-11-15-24(16-12-21)35(31,32)28-17-5-2-6-18-28/h1,3-4,7-16H,2,5-6,17-19H2,(H,27,30). The van der Waals surface area contributed by atoms with Gasteiger partial charge in [0, 0.05) is 18.8 Å². The van der Waals surface area contributed by atoms with Gasteiger partial charge < -0.3 is 5.32 Å². The quantitative estimate of drug-likeness (QED) is 0.476. The van der Waals surface area contributed by atoms with Gasteiger partial charge in [0.05, 0.1) is 15.5 Å². The number of hydrogen-bond acceptors (Lipinski definition) is 5. The Bertz CT molecular complexity index is 1410. The van der Waals surface area contributed by atoms with Crippen LogP contribution in [0.3, 0.4) is 0 Å². The molecule has 4 rings (SSSR count). The molecule has 0 aliphatic carbocycles. The third-order valence-corrected chi connectivity index (χ3v) is 9.52. The molecule has 0 spiro atoms. The lowest BCUT2D eigenvalue weighted by molar-refractivity contribution is -0.114. The maximum atomic E-state index is 13.5. The molecule has 0 bridgehead atoms. The molecule has 0 aromatic heterocycles. The Morgan fingerprint density at radius 1 is 0.806 bits per heavy atom. The summed E-state index contributed by atoms with van der Waals surface area (Å²) in [5.41, 5.74) is 0.437. The van der Waals surface area contributed by atoms with Gasteiger partial charge in [0.15, 0.2) is 0 Å². The third kappa shape index (κ3) is 5.75. The van der Waals surface area contributed by atoms with Crippen molar-refractivity contribution in [3.05, 3.63) is 84.7 Å². The van der Waals surface area contributed by atoms with E-state index in [1.807, 2.05) is 0 Å². The van der Waals surface area contributed by atoms with Gasteiger partial charge in [-0.2, -0.15) is 4.31 Å². The number of amides is 1. The number of benzene rings is 3. The molecule has 0 radical (unpaired) electrons. The van der Waals surface area contributed by atoms with E-state index in [1.54, 1.807) is 18.2 Å². The predicted octanol–water partition coefficient (Wildman–Crippen LogP) is 3.83. The molecule has 3 aromatic carbocycles. The zero-order valence-electron chi connectivity index (χ0n) is 19.4. The highest BCUT2D eigenvalue weighted by atomic mass is 32.2. The van der Waals surface area contributed by atoms with Gasteiger partial charge in [-0.1, -0.05) is 24.6 Å². The fourth-order valence-electron chi connectivity index (χ4n) is 3.94. The summed E-state index contributed by atoms with van der Waals surface area (Å²) in [6.07, 6.45) is 2.65. The van der Waals surface area contributed by atoms with Crippen molar-refractivity contribution < 1.29 is 26.0 Å². The minimum absolute atomic E-state index is 0.0191. The molecule has 0 saturated carbocycles. The fourth-order valence-corrected chi connectivity index (χ4v) is 6.90. The van der Waals surface area contributed by atoms with Crippen LogP contribution in [0.2, 0.25) is 0 Å². The second-order valence-electron chi connectivity index (χ2n) is 8.34. The number of rotatable bonds is 8. The minimum atomic E-state index is -4.13. The molecule has 11 heteroatoms. The SMILES string of the molecule is O=C(CN(c1ccc(F)cc1)S(=O)(=O)c1ccccc1)Nc1ccc(S(=O)(=O)N2CCCCC2)cc1. The van der Waals surface area contributed by atoms with Crippen molar-refractivity contribution in [1.29, 1.82) is 0 Å². The van der Waals surface area contributed by atoms with Crippen LogP contribution in [0.5, 0.6) is 0 Å². The number of hydrogen-bond donors (Lipinski definition) is 1. The molecule has 1 fully saturated rings. The fraction of sp³-hybridized carbons (Fsp3) is 0.240. The monoisotopic (exact) mass is 531 g/mol. The smallest absolute Gasteiger partial charge is 0.264 e. The summed E-state index contributed by atoms with van der Waals surface area (Å²) in [5, 5.41) is 2.61. The average Bonchev–Trinajstić information content (AvgIpc) is 2.89. The Labute approximate surface area is 210 Å². The van der Waals surface area contributed by atoms with E-state index < -0.39 is 38.3 Å². The van der Waals surface area contributed by atoms with Crippen LogP contribution in [0.25, 0.3) is 0 Å². The Balaban J connectivity index is 1.53. The van der Waals surface area contributed by atoms with Gasteiger partial charge in [0.1, 0.15) is 12.4 Å². The molecule has 1 aliphatic heterocycles. The molecular formula is C25H26FN3O5S2. The van der Waals surface area contributed by atoms with Gasteiger partial charge in [-0.25, -0.2) is 21.2 Å². The van der Waals surface area contributed by atoms with Crippen LogP contribution in [0.1, 0.15) is 19.3 Å². The van der Waals surface area contributed by atoms with E-state index in [9.17, 15) is 26.0 Å². The lowest BCUT2D eigenvalue weighted by Gasteiger charge is -2.26. The van der Waals surface area contributed by atoms with Crippen LogP contribution in [0, 0.1) is 5.82 Å². The molecule has 1 aliphatic rings. The Morgan fingerprint density at radius 3 is 2.03 bits per heavy atom. The average molecular weight is 532 g/mol. The topological polar surface area (TPSA) is 104 Å².